The van der Waals surface area contributed by atoms with Gasteiger partial charge in [0.2, 0.25) is 0 Å². The lowest BCUT2D eigenvalue weighted by molar-refractivity contribution is -0.132. The monoisotopic (exact) mass is 456 g/mol. The van der Waals surface area contributed by atoms with Gasteiger partial charge < -0.3 is 9.47 Å². The normalized spacial score (nSPS) is 11.7. The first-order valence-electron chi connectivity index (χ1n) is 10.1. The maximum absolute atomic E-state index is 11.3. The Bertz CT molecular complexity index is 1610. The van der Waals surface area contributed by atoms with Crippen LogP contribution in [0.2, 0.25) is 0 Å². The van der Waals surface area contributed by atoms with Crippen molar-refractivity contribution < 1.29 is 19.1 Å². The molecule has 156 valence electrons. The molecule has 4 aromatic carbocycles. The fourth-order valence-electron chi connectivity index (χ4n) is 4.16. The van der Waals surface area contributed by atoms with E-state index < -0.39 is 0 Å². The predicted octanol–water partition coefficient (Wildman–Crippen LogP) is 7.43. The lowest BCUT2D eigenvalue weighted by Gasteiger charge is -2.04. The Balaban J connectivity index is 1.55. The number of thiophene rings is 2. The van der Waals surface area contributed by atoms with Crippen molar-refractivity contribution in [2.45, 2.75) is 13.8 Å². The molecule has 6 heteroatoms. The third-order valence-corrected chi connectivity index (χ3v) is 7.96. The van der Waals surface area contributed by atoms with E-state index in [-0.39, 0.29) is 11.9 Å². The molecule has 6 aromatic rings. The second kappa shape index (κ2) is 7.02. The Morgan fingerprint density at radius 1 is 0.594 bits per heavy atom. The van der Waals surface area contributed by atoms with Crippen LogP contribution in [0.3, 0.4) is 0 Å². The molecule has 0 radical (unpaired) electrons. The van der Waals surface area contributed by atoms with Gasteiger partial charge in [-0.1, -0.05) is 12.1 Å². The summed E-state index contributed by atoms with van der Waals surface area (Å²) in [5.74, 6) is 0.488. The van der Waals surface area contributed by atoms with Gasteiger partial charge in [-0.2, -0.15) is 0 Å². The van der Waals surface area contributed by atoms with Crippen molar-refractivity contribution in [2.75, 3.05) is 0 Å². The number of carbonyl (C=O) groups excluding carboxylic acids is 2. The fourth-order valence-corrected chi connectivity index (χ4v) is 6.86. The van der Waals surface area contributed by atoms with Crippen molar-refractivity contribution in [3.05, 3.63) is 60.7 Å². The van der Waals surface area contributed by atoms with E-state index in [9.17, 15) is 9.59 Å². The lowest BCUT2D eigenvalue weighted by Crippen LogP contribution is -2.00. The van der Waals surface area contributed by atoms with Crippen LogP contribution in [0.4, 0.5) is 0 Å². The van der Waals surface area contributed by atoms with Crippen molar-refractivity contribution in [3.8, 4) is 11.5 Å². The van der Waals surface area contributed by atoms with Gasteiger partial charge in [-0.3, -0.25) is 9.59 Å². The highest BCUT2D eigenvalue weighted by molar-refractivity contribution is 7.36. The molecule has 0 atom stereocenters. The zero-order valence-corrected chi connectivity index (χ0v) is 18.9. The highest BCUT2D eigenvalue weighted by Crippen LogP contribution is 2.46. The smallest absolute Gasteiger partial charge is 0.308 e. The van der Waals surface area contributed by atoms with Crippen molar-refractivity contribution in [2.24, 2.45) is 0 Å². The Morgan fingerprint density at radius 3 is 1.44 bits per heavy atom. The van der Waals surface area contributed by atoms with Crippen LogP contribution in [0.25, 0.3) is 51.1 Å². The maximum Gasteiger partial charge on any atom is 0.308 e. The molecule has 0 aliphatic rings. The molecule has 6 rings (SSSR count). The SMILES string of the molecule is CC(=O)Oc1ccc2cc3c(cc2c1)sc1c2cc4ccc(OC(C)=O)cc4cc2sc31. The number of fused-ring (bicyclic) bond motifs is 7. The summed E-state index contributed by atoms with van der Waals surface area (Å²) in [6.45, 7) is 2.82. The molecular formula is C26H16O4S2. The molecular weight excluding hydrogens is 440 g/mol. The molecule has 0 fully saturated rings. The van der Waals surface area contributed by atoms with E-state index in [0.29, 0.717) is 11.5 Å². The minimum absolute atomic E-state index is 0.319. The third-order valence-electron chi connectivity index (χ3n) is 5.46. The van der Waals surface area contributed by atoms with E-state index in [0.717, 1.165) is 21.5 Å². The van der Waals surface area contributed by atoms with Gasteiger partial charge in [-0.05, 0) is 70.1 Å². The first kappa shape index (κ1) is 19.2. The van der Waals surface area contributed by atoms with Gasteiger partial charge in [-0.15, -0.1) is 22.7 Å². The van der Waals surface area contributed by atoms with Crippen molar-refractivity contribution in [3.63, 3.8) is 0 Å². The lowest BCUT2D eigenvalue weighted by atomic mass is 10.1. The second-order valence-corrected chi connectivity index (χ2v) is 9.87. The number of esters is 2. The van der Waals surface area contributed by atoms with Gasteiger partial charge in [0.05, 0.1) is 9.40 Å². The summed E-state index contributed by atoms with van der Waals surface area (Å²) in [6.07, 6.45) is 0. The van der Waals surface area contributed by atoms with Crippen molar-refractivity contribution in [1.29, 1.82) is 0 Å². The zero-order valence-electron chi connectivity index (χ0n) is 17.2. The van der Waals surface area contributed by atoms with Gasteiger partial charge in [0.25, 0.3) is 0 Å². The van der Waals surface area contributed by atoms with Gasteiger partial charge in [0, 0.05) is 34.0 Å². The quantitative estimate of drug-likeness (QED) is 0.201. The number of benzene rings is 4. The van der Waals surface area contributed by atoms with Crippen molar-refractivity contribution >= 4 is 85.7 Å². The van der Waals surface area contributed by atoms with E-state index in [4.69, 9.17) is 9.47 Å². The zero-order chi connectivity index (χ0) is 22.0. The average Bonchev–Trinajstić information content (AvgIpc) is 3.25. The van der Waals surface area contributed by atoms with Crippen LogP contribution in [-0.4, -0.2) is 11.9 Å². The van der Waals surface area contributed by atoms with Crippen LogP contribution in [0, 0.1) is 0 Å². The number of carbonyl (C=O) groups is 2. The molecule has 2 heterocycles. The van der Waals surface area contributed by atoms with Crippen LogP contribution in [0.5, 0.6) is 11.5 Å². The topological polar surface area (TPSA) is 52.6 Å². The molecule has 0 unspecified atom stereocenters. The highest BCUT2D eigenvalue weighted by Gasteiger charge is 2.14. The first-order chi connectivity index (χ1) is 15.4. The van der Waals surface area contributed by atoms with E-state index >= 15 is 0 Å². The van der Waals surface area contributed by atoms with Crippen molar-refractivity contribution in [1.82, 2.24) is 0 Å². The van der Waals surface area contributed by atoms with Crippen LogP contribution in [-0.2, 0) is 9.59 Å². The van der Waals surface area contributed by atoms with Crippen LogP contribution >= 0.6 is 22.7 Å². The summed E-state index contributed by atoms with van der Waals surface area (Å²) in [7, 11) is 0. The highest BCUT2D eigenvalue weighted by atomic mass is 32.1. The molecule has 2 aromatic heterocycles. The summed E-state index contributed by atoms with van der Waals surface area (Å²) >= 11 is 3.57. The van der Waals surface area contributed by atoms with Gasteiger partial charge in [0.1, 0.15) is 11.5 Å². The standard InChI is InChI=1S/C26H16O4S2/c1-13(27)29-19-5-3-15-9-21-23(11-17(15)7-19)31-26-22-10-16-4-6-20(30-14(2)28)8-18(16)12-24(22)32-25(21)26/h3-12H,1-2H3. The molecule has 0 saturated carbocycles. The number of hydrogen-bond acceptors (Lipinski definition) is 6. The maximum atomic E-state index is 11.3. The molecule has 0 aliphatic heterocycles. The van der Waals surface area contributed by atoms with E-state index in [1.54, 1.807) is 22.7 Å². The van der Waals surface area contributed by atoms with Gasteiger partial charge >= 0.3 is 11.9 Å². The summed E-state index contributed by atoms with van der Waals surface area (Å²) in [5, 5.41) is 6.81. The summed E-state index contributed by atoms with van der Waals surface area (Å²) in [6, 6.07) is 20.3. The van der Waals surface area contributed by atoms with E-state index in [1.807, 2.05) is 36.4 Å². The van der Waals surface area contributed by atoms with Crippen LogP contribution < -0.4 is 9.47 Å². The van der Waals surface area contributed by atoms with Crippen LogP contribution in [0.1, 0.15) is 13.8 Å². The van der Waals surface area contributed by atoms with Crippen LogP contribution in [0.15, 0.2) is 60.7 Å². The third kappa shape index (κ3) is 3.11. The number of hydrogen-bond donors (Lipinski definition) is 0. The largest absolute Gasteiger partial charge is 0.427 e. The first-order valence-corrected chi connectivity index (χ1v) is 11.7. The van der Waals surface area contributed by atoms with E-state index in [1.165, 1.54) is 43.4 Å². The number of ether oxygens (including phenoxy) is 2. The molecule has 0 bridgehead atoms. The molecule has 0 amide bonds. The van der Waals surface area contributed by atoms with Gasteiger partial charge in [0.15, 0.2) is 0 Å². The molecule has 0 spiro atoms. The number of rotatable bonds is 2. The van der Waals surface area contributed by atoms with Gasteiger partial charge in [-0.25, -0.2) is 0 Å². The Morgan fingerprint density at radius 2 is 1.03 bits per heavy atom. The molecule has 32 heavy (non-hydrogen) atoms. The molecule has 0 aliphatic carbocycles. The predicted molar refractivity (Wildman–Crippen MR) is 132 cm³/mol. The Labute approximate surface area is 190 Å². The minimum Gasteiger partial charge on any atom is -0.427 e. The second-order valence-electron chi connectivity index (χ2n) is 7.76. The summed E-state index contributed by atoms with van der Waals surface area (Å²) in [5.41, 5.74) is 0. The summed E-state index contributed by atoms with van der Waals surface area (Å²) < 4.78 is 15.5. The molecule has 0 N–H and O–H groups in total. The molecule has 4 nitrogen and oxygen atoms in total. The minimum atomic E-state index is -0.319. The Hall–Kier alpha value is -3.48. The fraction of sp³-hybridized carbons (Fsp3) is 0.0769. The Kier molecular flexibility index (Phi) is 4.22. The average molecular weight is 457 g/mol. The van der Waals surface area contributed by atoms with E-state index in [2.05, 4.69) is 24.3 Å². The molecule has 0 saturated heterocycles. The summed E-state index contributed by atoms with van der Waals surface area (Å²) in [4.78, 5) is 22.6.